The largest absolute Gasteiger partial charge is 0.504 e. The van der Waals surface area contributed by atoms with E-state index in [1.807, 2.05) is 0 Å². The molecule has 0 radical (unpaired) electrons. The van der Waals surface area contributed by atoms with E-state index in [0.29, 0.717) is 11.8 Å². The number of rotatable bonds is 4. The number of thiazole rings is 1. The number of ether oxygens (including phenoxy) is 1. The van der Waals surface area contributed by atoms with Crippen LogP contribution in [0.2, 0.25) is 0 Å². The van der Waals surface area contributed by atoms with E-state index in [4.69, 9.17) is 10.5 Å². The van der Waals surface area contributed by atoms with Gasteiger partial charge in [0.15, 0.2) is 11.5 Å². The number of phenolic OH excluding ortho intramolecular Hbond substituents is 2. The summed E-state index contributed by atoms with van der Waals surface area (Å²) in [5, 5.41) is 18.9. The molecule has 0 atom stereocenters. The molecule has 4 N–H and O–H groups in total. The summed E-state index contributed by atoms with van der Waals surface area (Å²) in [5.41, 5.74) is 5.88. The molecule has 0 aliphatic rings. The van der Waals surface area contributed by atoms with Gasteiger partial charge in [-0.1, -0.05) is 11.3 Å². The van der Waals surface area contributed by atoms with Gasteiger partial charge in [-0.25, -0.2) is 0 Å². The van der Waals surface area contributed by atoms with Crippen molar-refractivity contribution in [1.29, 1.82) is 0 Å². The van der Waals surface area contributed by atoms with Gasteiger partial charge < -0.3 is 20.7 Å². The van der Waals surface area contributed by atoms with Crippen molar-refractivity contribution in [2.45, 2.75) is 6.92 Å². The summed E-state index contributed by atoms with van der Waals surface area (Å²) in [6, 6.07) is 3.82. The Balaban J connectivity index is 2.35. The predicted molar refractivity (Wildman–Crippen MR) is 70.9 cm³/mol. The predicted octanol–water partition coefficient (Wildman–Crippen LogP) is 1.77. The van der Waals surface area contributed by atoms with Gasteiger partial charge in [-0.05, 0) is 25.1 Å². The zero-order valence-corrected chi connectivity index (χ0v) is 10.9. The zero-order valence-electron chi connectivity index (χ0n) is 10.1. The first kappa shape index (κ1) is 13.2. The first-order valence-electron chi connectivity index (χ1n) is 5.48. The summed E-state index contributed by atoms with van der Waals surface area (Å²) in [7, 11) is 0. The van der Waals surface area contributed by atoms with Crippen molar-refractivity contribution in [3.8, 4) is 16.7 Å². The molecule has 2 aromatic rings. The minimum Gasteiger partial charge on any atom is -0.504 e. The standard InChI is InChI=1S/C12H12N2O4S/c1-2-18-12-14-11(13)10(19-12)9(17)6-3-4-7(15)8(16)5-6/h3-5,15-16H,2,13H2,1H3. The van der Waals surface area contributed by atoms with Crippen molar-refractivity contribution in [3.63, 3.8) is 0 Å². The van der Waals surface area contributed by atoms with Gasteiger partial charge >= 0.3 is 0 Å². The number of aromatic hydroxyl groups is 2. The number of hydrogen-bond acceptors (Lipinski definition) is 7. The maximum Gasteiger partial charge on any atom is 0.275 e. The van der Waals surface area contributed by atoms with Crippen molar-refractivity contribution in [3.05, 3.63) is 28.6 Å². The Morgan fingerprint density at radius 1 is 1.42 bits per heavy atom. The SMILES string of the molecule is CCOc1nc(N)c(C(=O)c2ccc(O)c(O)c2)s1. The topological polar surface area (TPSA) is 106 Å². The van der Waals surface area contributed by atoms with E-state index in [1.165, 1.54) is 18.2 Å². The van der Waals surface area contributed by atoms with Gasteiger partial charge in [-0.2, -0.15) is 4.98 Å². The summed E-state index contributed by atoms with van der Waals surface area (Å²) >= 11 is 1.05. The Hall–Kier alpha value is -2.28. The van der Waals surface area contributed by atoms with Crippen LogP contribution in [0.1, 0.15) is 22.2 Å². The molecule has 7 heteroatoms. The van der Waals surface area contributed by atoms with Crippen LogP contribution in [0.4, 0.5) is 5.82 Å². The monoisotopic (exact) mass is 280 g/mol. The number of phenols is 2. The number of anilines is 1. The molecule has 0 amide bonds. The molecule has 1 aromatic heterocycles. The van der Waals surface area contributed by atoms with Crippen molar-refractivity contribution in [1.82, 2.24) is 4.98 Å². The van der Waals surface area contributed by atoms with E-state index < -0.39 is 0 Å². The Kier molecular flexibility index (Phi) is 3.57. The van der Waals surface area contributed by atoms with Crippen molar-refractivity contribution in [2.75, 3.05) is 12.3 Å². The Morgan fingerprint density at radius 2 is 2.16 bits per heavy atom. The van der Waals surface area contributed by atoms with E-state index in [9.17, 15) is 15.0 Å². The van der Waals surface area contributed by atoms with Crippen LogP contribution in [0, 0.1) is 0 Å². The Labute approximate surface area is 113 Å². The number of hydrogen-bond donors (Lipinski definition) is 3. The molecule has 0 saturated heterocycles. The summed E-state index contributed by atoms with van der Waals surface area (Å²) in [4.78, 5) is 16.4. The number of nitrogens with two attached hydrogens (primary N) is 1. The highest BCUT2D eigenvalue weighted by Crippen LogP contribution is 2.31. The molecule has 1 aromatic carbocycles. The van der Waals surface area contributed by atoms with E-state index in [1.54, 1.807) is 6.92 Å². The molecule has 1 heterocycles. The third-order valence-corrected chi connectivity index (χ3v) is 3.33. The summed E-state index contributed by atoms with van der Waals surface area (Å²) in [6.45, 7) is 2.23. The van der Waals surface area contributed by atoms with Crippen molar-refractivity contribution < 1.29 is 19.7 Å². The normalized spacial score (nSPS) is 10.4. The van der Waals surface area contributed by atoms with Crippen LogP contribution in [-0.4, -0.2) is 27.6 Å². The van der Waals surface area contributed by atoms with Gasteiger partial charge in [-0.15, -0.1) is 0 Å². The molecule has 0 aliphatic carbocycles. The van der Waals surface area contributed by atoms with Crippen molar-refractivity contribution in [2.24, 2.45) is 0 Å². The minimum atomic E-state index is -0.378. The molecule has 0 unspecified atom stereocenters. The molecule has 6 nitrogen and oxygen atoms in total. The number of ketones is 1. The lowest BCUT2D eigenvalue weighted by molar-refractivity contribution is 0.104. The van der Waals surface area contributed by atoms with Crippen molar-refractivity contribution >= 4 is 22.9 Å². The third-order valence-electron chi connectivity index (χ3n) is 2.35. The number of nitrogen functional groups attached to an aromatic ring is 1. The van der Waals surface area contributed by atoms with Gasteiger partial charge in [0.25, 0.3) is 5.19 Å². The lowest BCUT2D eigenvalue weighted by Crippen LogP contribution is -2.02. The maximum absolute atomic E-state index is 12.2. The van der Waals surface area contributed by atoms with Gasteiger partial charge in [-0.3, -0.25) is 4.79 Å². The highest BCUT2D eigenvalue weighted by atomic mass is 32.1. The molecule has 100 valence electrons. The lowest BCUT2D eigenvalue weighted by atomic mass is 10.1. The fraction of sp³-hybridized carbons (Fsp3) is 0.167. The van der Waals surface area contributed by atoms with Gasteiger partial charge in [0.2, 0.25) is 5.78 Å². The third kappa shape index (κ3) is 2.60. The van der Waals surface area contributed by atoms with Crippen LogP contribution >= 0.6 is 11.3 Å². The zero-order chi connectivity index (χ0) is 14.0. The van der Waals surface area contributed by atoms with E-state index >= 15 is 0 Å². The molecular formula is C12H12N2O4S. The highest BCUT2D eigenvalue weighted by molar-refractivity contribution is 7.16. The molecular weight excluding hydrogens is 268 g/mol. The number of aromatic nitrogens is 1. The highest BCUT2D eigenvalue weighted by Gasteiger charge is 2.19. The van der Waals surface area contributed by atoms with E-state index in [-0.39, 0.29) is 33.5 Å². The van der Waals surface area contributed by atoms with Crippen LogP contribution in [0.25, 0.3) is 0 Å². The molecule has 0 aliphatic heterocycles. The second-order valence-electron chi connectivity index (χ2n) is 3.66. The lowest BCUT2D eigenvalue weighted by Gasteiger charge is -2.01. The molecule has 19 heavy (non-hydrogen) atoms. The molecule has 0 fully saturated rings. The number of nitrogens with zero attached hydrogens (tertiary/aromatic N) is 1. The molecule has 0 spiro atoms. The minimum absolute atomic E-state index is 0.0889. The molecule has 0 bridgehead atoms. The van der Waals surface area contributed by atoms with Gasteiger partial charge in [0, 0.05) is 5.56 Å². The number of benzene rings is 1. The first-order valence-corrected chi connectivity index (χ1v) is 6.30. The van der Waals surface area contributed by atoms with Crippen LogP contribution in [-0.2, 0) is 0 Å². The van der Waals surface area contributed by atoms with E-state index in [2.05, 4.69) is 4.98 Å². The molecule has 2 rings (SSSR count). The second-order valence-corrected chi connectivity index (χ2v) is 4.62. The summed E-state index contributed by atoms with van der Waals surface area (Å²) in [6.07, 6.45) is 0. The smallest absolute Gasteiger partial charge is 0.275 e. The average Bonchev–Trinajstić information content (AvgIpc) is 2.73. The second kappa shape index (κ2) is 5.15. The number of carbonyl (C=O) groups is 1. The molecule has 0 saturated carbocycles. The first-order chi connectivity index (χ1) is 9.02. The fourth-order valence-electron chi connectivity index (χ4n) is 1.46. The van der Waals surface area contributed by atoms with Gasteiger partial charge in [0.1, 0.15) is 10.7 Å². The quantitative estimate of drug-likeness (QED) is 0.582. The van der Waals surface area contributed by atoms with Crippen LogP contribution in [0.5, 0.6) is 16.7 Å². The van der Waals surface area contributed by atoms with Gasteiger partial charge in [0.05, 0.1) is 6.61 Å². The van der Waals surface area contributed by atoms with Crippen LogP contribution in [0.3, 0.4) is 0 Å². The van der Waals surface area contributed by atoms with Crippen LogP contribution in [0.15, 0.2) is 18.2 Å². The summed E-state index contributed by atoms with van der Waals surface area (Å²) < 4.78 is 5.18. The maximum atomic E-state index is 12.2. The number of carbonyl (C=O) groups excluding carboxylic acids is 1. The summed E-state index contributed by atoms with van der Waals surface area (Å²) in [5.74, 6) is -0.940. The fourth-order valence-corrected chi connectivity index (χ4v) is 2.31. The average molecular weight is 280 g/mol. The van der Waals surface area contributed by atoms with E-state index in [0.717, 1.165) is 11.3 Å². The Morgan fingerprint density at radius 3 is 2.79 bits per heavy atom. The van der Waals surface area contributed by atoms with Crippen LogP contribution < -0.4 is 10.5 Å². The Bertz CT molecular complexity index is 624.